The van der Waals surface area contributed by atoms with Crippen LogP contribution in [0.1, 0.15) is 35.3 Å². The summed E-state index contributed by atoms with van der Waals surface area (Å²) in [6.45, 7) is 2.94. The Labute approximate surface area is 178 Å². The molecule has 0 aromatic heterocycles. The van der Waals surface area contributed by atoms with E-state index in [2.05, 4.69) is 4.99 Å². The predicted molar refractivity (Wildman–Crippen MR) is 110 cm³/mol. The van der Waals surface area contributed by atoms with Crippen LogP contribution in [0.15, 0.2) is 70.9 Å². The van der Waals surface area contributed by atoms with Gasteiger partial charge in [0.2, 0.25) is 0 Å². The van der Waals surface area contributed by atoms with E-state index in [1.165, 1.54) is 12.1 Å². The Kier molecular flexibility index (Phi) is 6.49. The smallest absolute Gasteiger partial charge is 0.344 e. The number of fused-ring (bicyclic) bond motifs is 1. The minimum atomic E-state index is -2.32. The SMILES string of the molecule is CCOC(=O)/C(C=NCc1ccccc1)=C(\O)C1(OC(C)=O)OC(=O)c2ccccc21. The first-order chi connectivity index (χ1) is 14.9. The summed E-state index contributed by atoms with van der Waals surface area (Å²) in [7, 11) is 0. The Bertz CT molecular complexity index is 1050. The molecule has 1 heterocycles. The Morgan fingerprint density at radius 1 is 1.13 bits per heavy atom. The number of carbonyl (C=O) groups excluding carboxylic acids is 3. The van der Waals surface area contributed by atoms with E-state index in [1.54, 1.807) is 19.1 Å². The van der Waals surface area contributed by atoms with Gasteiger partial charge in [-0.15, -0.1) is 0 Å². The Balaban J connectivity index is 2.11. The summed E-state index contributed by atoms with van der Waals surface area (Å²) < 4.78 is 15.6. The molecule has 0 aliphatic carbocycles. The fourth-order valence-corrected chi connectivity index (χ4v) is 3.11. The molecule has 8 nitrogen and oxygen atoms in total. The van der Waals surface area contributed by atoms with Crippen LogP contribution in [-0.4, -0.2) is 35.8 Å². The highest BCUT2D eigenvalue weighted by atomic mass is 16.7. The molecular formula is C23H21NO7. The van der Waals surface area contributed by atoms with Gasteiger partial charge in [0, 0.05) is 13.1 Å². The number of hydrogen-bond acceptors (Lipinski definition) is 8. The summed E-state index contributed by atoms with van der Waals surface area (Å²) in [6, 6.07) is 15.3. The van der Waals surface area contributed by atoms with Crippen molar-refractivity contribution in [3.05, 3.63) is 82.6 Å². The molecule has 8 heteroatoms. The van der Waals surface area contributed by atoms with E-state index in [-0.39, 0.29) is 24.3 Å². The predicted octanol–water partition coefficient (Wildman–Crippen LogP) is 3.22. The van der Waals surface area contributed by atoms with Crippen LogP contribution in [0.25, 0.3) is 0 Å². The minimum Gasteiger partial charge on any atom is -0.504 e. The average Bonchev–Trinajstić information content (AvgIpc) is 3.04. The van der Waals surface area contributed by atoms with Crippen LogP contribution in [0.2, 0.25) is 0 Å². The number of esters is 3. The van der Waals surface area contributed by atoms with Gasteiger partial charge in [0.05, 0.1) is 24.3 Å². The molecule has 1 unspecified atom stereocenters. The molecule has 1 aliphatic rings. The zero-order valence-electron chi connectivity index (χ0n) is 17.0. The molecule has 0 saturated heterocycles. The van der Waals surface area contributed by atoms with Gasteiger partial charge in [0.15, 0.2) is 5.76 Å². The zero-order valence-corrected chi connectivity index (χ0v) is 17.0. The third-order valence-corrected chi connectivity index (χ3v) is 4.42. The first kappa shape index (κ1) is 21.8. The fraction of sp³-hybridized carbons (Fsp3) is 0.217. The minimum absolute atomic E-state index is 0.0269. The van der Waals surface area contributed by atoms with E-state index in [0.29, 0.717) is 0 Å². The van der Waals surface area contributed by atoms with Crippen LogP contribution >= 0.6 is 0 Å². The molecule has 2 aromatic rings. The number of rotatable bonds is 7. The van der Waals surface area contributed by atoms with Gasteiger partial charge in [-0.1, -0.05) is 42.5 Å². The van der Waals surface area contributed by atoms with Crippen molar-refractivity contribution < 1.29 is 33.7 Å². The summed E-state index contributed by atoms with van der Waals surface area (Å²) >= 11 is 0. The standard InChI is InChI=1S/C23H21NO7/c1-3-29-21(27)18(14-24-13-16-9-5-4-6-10-16)20(26)23(30-15(2)25)19-12-8-7-11-17(19)22(28)31-23/h4-12,14,26H,3,13H2,1-2H3/b20-18-,24-14?. The lowest BCUT2D eigenvalue weighted by Gasteiger charge is -2.27. The quantitative estimate of drug-likeness (QED) is 0.315. The second-order valence-electron chi connectivity index (χ2n) is 6.58. The van der Waals surface area contributed by atoms with Crippen molar-refractivity contribution in [3.8, 4) is 0 Å². The van der Waals surface area contributed by atoms with Gasteiger partial charge in [-0.05, 0) is 24.6 Å². The topological polar surface area (TPSA) is 111 Å². The van der Waals surface area contributed by atoms with Crippen molar-refractivity contribution in [2.45, 2.75) is 26.2 Å². The molecule has 1 aliphatic heterocycles. The van der Waals surface area contributed by atoms with Crippen molar-refractivity contribution in [1.29, 1.82) is 0 Å². The largest absolute Gasteiger partial charge is 0.504 e. The molecule has 1 N–H and O–H groups in total. The van der Waals surface area contributed by atoms with Crippen LogP contribution in [0.4, 0.5) is 0 Å². The number of aliphatic hydroxyl groups is 1. The van der Waals surface area contributed by atoms with E-state index in [4.69, 9.17) is 14.2 Å². The summed E-state index contributed by atoms with van der Waals surface area (Å²) in [4.78, 5) is 41.0. The Morgan fingerprint density at radius 3 is 2.48 bits per heavy atom. The fourth-order valence-electron chi connectivity index (χ4n) is 3.11. The maximum atomic E-state index is 12.6. The molecule has 0 radical (unpaired) electrons. The van der Waals surface area contributed by atoms with Gasteiger partial charge >= 0.3 is 23.7 Å². The Morgan fingerprint density at radius 2 is 1.81 bits per heavy atom. The lowest BCUT2D eigenvalue weighted by atomic mass is 9.98. The molecule has 3 rings (SSSR count). The number of aliphatic hydroxyl groups excluding tert-OH is 1. The van der Waals surface area contributed by atoms with Crippen molar-refractivity contribution >= 4 is 24.1 Å². The maximum absolute atomic E-state index is 12.6. The molecule has 0 bridgehead atoms. The third-order valence-electron chi connectivity index (χ3n) is 4.42. The van der Waals surface area contributed by atoms with Crippen molar-refractivity contribution in [2.75, 3.05) is 6.61 Å². The number of carbonyl (C=O) groups is 3. The van der Waals surface area contributed by atoms with Gasteiger partial charge in [-0.25, -0.2) is 9.59 Å². The second kappa shape index (κ2) is 9.25. The summed E-state index contributed by atoms with van der Waals surface area (Å²) in [5.74, 6) is -5.69. The normalized spacial score (nSPS) is 18.2. The first-order valence-corrected chi connectivity index (χ1v) is 9.56. The molecule has 2 aromatic carbocycles. The third kappa shape index (κ3) is 4.48. The molecule has 0 fully saturated rings. The van der Waals surface area contributed by atoms with E-state index < -0.39 is 35.0 Å². The van der Waals surface area contributed by atoms with E-state index in [0.717, 1.165) is 18.7 Å². The van der Waals surface area contributed by atoms with Crippen molar-refractivity contribution in [1.82, 2.24) is 0 Å². The van der Waals surface area contributed by atoms with Crippen LogP contribution in [-0.2, 0) is 36.1 Å². The maximum Gasteiger partial charge on any atom is 0.344 e. The van der Waals surface area contributed by atoms with E-state index in [9.17, 15) is 19.5 Å². The number of nitrogens with zero attached hydrogens (tertiary/aromatic N) is 1. The van der Waals surface area contributed by atoms with Crippen LogP contribution in [0.5, 0.6) is 0 Å². The highest BCUT2D eigenvalue weighted by Crippen LogP contribution is 2.43. The molecule has 160 valence electrons. The lowest BCUT2D eigenvalue weighted by Crippen LogP contribution is -2.36. The monoisotopic (exact) mass is 423 g/mol. The van der Waals surface area contributed by atoms with Crippen molar-refractivity contribution in [3.63, 3.8) is 0 Å². The van der Waals surface area contributed by atoms with E-state index >= 15 is 0 Å². The number of benzene rings is 2. The number of ether oxygens (including phenoxy) is 3. The van der Waals surface area contributed by atoms with E-state index in [1.807, 2.05) is 30.3 Å². The van der Waals surface area contributed by atoms with Gasteiger partial charge in [0.25, 0.3) is 0 Å². The number of hydrogen-bond donors (Lipinski definition) is 1. The highest BCUT2D eigenvalue weighted by Gasteiger charge is 2.54. The van der Waals surface area contributed by atoms with Gasteiger partial charge in [-0.2, -0.15) is 0 Å². The molecule has 1 atom stereocenters. The van der Waals surface area contributed by atoms with Gasteiger partial charge in [-0.3, -0.25) is 9.79 Å². The highest BCUT2D eigenvalue weighted by molar-refractivity contribution is 6.10. The molecule has 0 saturated carbocycles. The Hall–Kier alpha value is -3.94. The molecular weight excluding hydrogens is 402 g/mol. The van der Waals surface area contributed by atoms with Crippen LogP contribution in [0.3, 0.4) is 0 Å². The van der Waals surface area contributed by atoms with Crippen LogP contribution in [0, 0.1) is 0 Å². The second-order valence-corrected chi connectivity index (χ2v) is 6.58. The van der Waals surface area contributed by atoms with Gasteiger partial charge < -0.3 is 19.3 Å². The summed E-state index contributed by atoms with van der Waals surface area (Å²) in [5.41, 5.74) is 0.656. The van der Waals surface area contributed by atoms with Crippen LogP contribution < -0.4 is 0 Å². The summed E-state index contributed by atoms with van der Waals surface area (Å²) in [6.07, 6.45) is 1.11. The average molecular weight is 423 g/mol. The molecule has 31 heavy (non-hydrogen) atoms. The molecule has 0 spiro atoms. The summed E-state index contributed by atoms with van der Waals surface area (Å²) in [5, 5.41) is 11.1. The first-order valence-electron chi connectivity index (χ1n) is 9.56. The van der Waals surface area contributed by atoms with Gasteiger partial charge in [0.1, 0.15) is 5.57 Å². The van der Waals surface area contributed by atoms with Crippen molar-refractivity contribution in [2.24, 2.45) is 4.99 Å². The zero-order chi connectivity index (χ0) is 22.4. The molecule has 0 amide bonds. The number of cyclic esters (lactones) is 1. The lowest BCUT2D eigenvalue weighted by molar-refractivity contribution is -0.203. The number of aliphatic imine (C=N–C) groups is 1.